The van der Waals surface area contributed by atoms with Gasteiger partial charge < -0.3 is 9.64 Å². The molecule has 2 aliphatic carbocycles. The Morgan fingerprint density at radius 2 is 1.83 bits per heavy atom. The Bertz CT molecular complexity index is 1270. The van der Waals surface area contributed by atoms with Crippen LogP contribution in [0, 0.1) is 5.92 Å². The first-order chi connectivity index (χ1) is 17.4. The highest BCUT2D eigenvalue weighted by Gasteiger charge is 2.63. The molecule has 186 valence electrons. The number of likely N-dealkylation sites (tertiary alicyclic amines) is 1. The molecular weight excluding hydrogens is 482 g/mol. The number of halogens is 1. The minimum Gasteiger partial charge on any atom is -0.489 e. The van der Waals surface area contributed by atoms with Gasteiger partial charge in [0.05, 0.1) is 5.02 Å². The second-order valence-electron chi connectivity index (χ2n) is 10.7. The lowest BCUT2D eigenvalue weighted by molar-refractivity contribution is -0.160. The number of imide groups is 1. The molecule has 6 aliphatic rings. The lowest BCUT2D eigenvalue weighted by Crippen LogP contribution is -2.73. The van der Waals surface area contributed by atoms with Crippen LogP contribution in [0.3, 0.4) is 0 Å². The molecule has 8 rings (SSSR count). The normalized spacial score (nSPS) is 31.6. The van der Waals surface area contributed by atoms with E-state index in [-0.39, 0.29) is 29.7 Å². The molecular formula is C26H26ClN5O4. The van der Waals surface area contributed by atoms with E-state index in [1.165, 1.54) is 0 Å². The van der Waals surface area contributed by atoms with Crippen molar-refractivity contribution in [1.82, 2.24) is 25.1 Å². The van der Waals surface area contributed by atoms with Crippen molar-refractivity contribution >= 4 is 29.3 Å². The summed E-state index contributed by atoms with van der Waals surface area (Å²) in [4.78, 5) is 50.5. The number of hydrogen-bond acceptors (Lipinski definition) is 7. The van der Waals surface area contributed by atoms with Gasteiger partial charge in [0.15, 0.2) is 0 Å². The van der Waals surface area contributed by atoms with Gasteiger partial charge in [-0.05, 0) is 55.9 Å². The molecule has 1 N–H and O–H groups in total. The third-order valence-corrected chi connectivity index (χ3v) is 8.88. The Morgan fingerprint density at radius 3 is 2.58 bits per heavy atom. The standard InChI is InChI=1S/C26H26ClN5O4/c27-17-9-28-22(29-10-17)16-11-31(12-16)20-2-1-3-21(20)36-18-4-5-19-14(6-18)13-32(24(19)34)26-7-15(8-26)23(33)30-25(26)35/h4-6,9-10,15-16,20-21H,1-3,7-8,11-13H2,(H,30,33,35)/t15?,20-,21+,26?/m0/s1. The summed E-state index contributed by atoms with van der Waals surface area (Å²) in [6.07, 6.45) is 7.42. The number of fused-ring (bicyclic) bond motifs is 3. The van der Waals surface area contributed by atoms with Crippen molar-refractivity contribution in [2.75, 3.05) is 13.1 Å². The minimum atomic E-state index is -0.895. The number of carbonyl (C=O) groups is 3. The van der Waals surface area contributed by atoms with Crippen LogP contribution in [-0.2, 0) is 16.1 Å². The Hall–Kier alpha value is -3.04. The highest BCUT2D eigenvalue weighted by Crippen LogP contribution is 2.49. The zero-order valence-corrected chi connectivity index (χ0v) is 20.4. The molecule has 1 aromatic carbocycles. The van der Waals surface area contributed by atoms with Crippen molar-refractivity contribution in [1.29, 1.82) is 0 Å². The topological polar surface area (TPSA) is 105 Å². The number of aromatic nitrogens is 2. The fraction of sp³-hybridized carbons (Fsp3) is 0.500. The number of benzene rings is 1. The van der Waals surface area contributed by atoms with Gasteiger partial charge in [0, 0.05) is 55.5 Å². The maximum atomic E-state index is 13.2. The first-order valence-electron chi connectivity index (χ1n) is 12.6. The predicted molar refractivity (Wildman–Crippen MR) is 128 cm³/mol. The summed E-state index contributed by atoms with van der Waals surface area (Å²) in [5.41, 5.74) is 0.591. The third-order valence-electron chi connectivity index (χ3n) is 8.69. The molecule has 9 nitrogen and oxygen atoms in total. The predicted octanol–water partition coefficient (Wildman–Crippen LogP) is 2.29. The van der Waals surface area contributed by atoms with E-state index in [0.29, 0.717) is 41.9 Å². The monoisotopic (exact) mass is 507 g/mol. The van der Waals surface area contributed by atoms with Crippen molar-refractivity contribution < 1.29 is 19.1 Å². The quantitative estimate of drug-likeness (QED) is 0.619. The molecule has 0 spiro atoms. The van der Waals surface area contributed by atoms with E-state index in [0.717, 1.165) is 49.5 Å². The number of piperidine rings is 2. The largest absolute Gasteiger partial charge is 0.489 e. The first kappa shape index (κ1) is 22.2. The number of rotatable bonds is 5. The maximum Gasteiger partial charge on any atom is 0.255 e. The van der Waals surface area contributed by atoms with Gasteiger partial charge in [0.1, 0.15) is 23.2 Å². The van der Waals surface area contributed by atoms with Crippen molar-refractivity contribution in [2.45, 2.75) is 62.3 Å². The lowest BCUT2D eigenvalue weighted by Gasteiger charge is -2.53. The second-order valence-corrected chi connectivity index (χ2v) is 11.2. The summed E-state index contributed by atoms with van der Waals surface area (Å²) in [7, 11) is 0. The van der Waals surface area contributed by atoms with E-state index in [1.807, 2.05) is 18.2 Å². The molecule has 2 aromatic rings. The molecule has 1 aromatic heterocycles. The van der Waals surface area contributed by atoms with Gasteiger partial charge in [-0.1, -0.05) is 11.6 Å². The van der Waals surface area contributed by atoms with E-state index in [4.69, 9.17) is 16.3 Å². The van der Waals surface area contributed by atoms with Gasteiger partial charge >= 0.3 is 0 Å². The van der Waals surface area contributed by atoms with Crippen molar-refractivity contribution in [3.63, 3.8) is 0 Å². The van der Waals surface area contributed by atoms with Crippen molar-refractivity contribution in [2.24, 2.45) is 5.92 Å². The van der Waals surface area contributed by atoms with Gasteiger partial charge in [-0.25, -0.2) is 9.97 Å². The number of hydrogen-bond donors (Lipinski definition) is 1. The van der Waals surface area contributed by atoms with E-state index in [9.17, 15) is 14.4 Å². The zero-order valence-electron chi connectivity index (χ0n) is 19.7. The van der Waals surface area contributed by atoms with Crippen LogP contribution in [0.15, 0.2) is 30.6 Å². The smallest absolute Gasteiger partial charge is 0.255 e. The van der Waals surface area contributed by atoms with Gasteiger partial charge in [-0.15, -0.1) is 0 Å². The van der Waals surface area contributed by atoms with Crippen molar-refractivity contribution in [3.8, 4) is 5.75 Å². The Balaban J connectivity index is 1.02. The number of amides is 3. The average Bonchev–Trinajstić information content (AvgIpc) is 3.37. The van der Waals surface area contributed by atoms with Crippen LogP contribution in [-0.4, -0.2) is 68.3 Å². The maximum absolute atomic E-state index is 13.2. The fourth-order valence-electron chi connectivity index (χ4n) is 6.63. The Kier molecular flexibility index (Phi) is 4.92. The lowest BCUT2D eigenvalue weighted by atomic mass is 9.63. The zero-order chi connectivity index (χ0) is 24.6. The summed E-state index contributed by atoms with van der Waals surface area (Å²) in [5, 5.41) is 2.98. The highest BCUT2D eigenvalue weighted by molar-refractivity contribution is 6.30. The van der Waals surface area contributed by atoms with Gasteiger partial charge in [-0.3, -0.25) is 24.6 Å². The van der Waals surface area contributed by atoms with Crippen LogP contribution in [0.5, 0.6) is 5.75 Å². The number of nitrogens with one attached hydrogen (secondary N) is 1. The van der Waals surface area contributed by atoms with Crippen LogP contribution < -0.4 is 10.1 Å². The Morgan fingerprint density at radius 1 is 1.06 bits per heavy atom. The molecule has 0 unspecified atom stereocenters. The first-order valence-corrected chi connectivity index (χ1v) is 13.0. The molecule has 36 heavy (non-hydrogen) atoms. The second kappa shape index (κ2) is 7.98. The number of ether oxygens (including phenoxy) is 1. The van der Waals surface area contributed by atoms with Gasteiger partial charge in [0.2, 0.25) is 5.91 Å². The average molecular weight is 508 g/mol. The summed E-state index contributed by atoms with van der Waals surface area (Å²) < 4.78 is 6.47. The summed E-state index contributed by atoms with van der Waals surface area (Å²) >= 11 is 5.91. The third kappa shape index (κ3) is 3.29. The minimum absolute atomic E-state index is 0.0875. The number of nitrogens with zero attached hydrogens (tertiary/aromatic N) is 4. The molecule has 4 aliphatic heterocycles. The molecule has 0 radical (unpaired) electrons. The highest BCUT2D eigenvalue weighted by atomic mass is 35.5. The van der Waals surface area contributed by atoms with Crippen LogP contribution in [0.4, 0.5) is 0 Å². The fourth-order valence-corrected chi connectivity index (χ4v) is 6.73. The van der Waals surface area contributed by atoms with E-state index < -0.39 is 5.54 Å². The molecule has 10 heteroatoms. The molecule has 2 bridgehead atoms. The number of carbonyl (C=O) groups excluding carboxylic acids is 3. The molecule has 2 saturated carbocycles. The molecule has 5 fully saturated rings. The summed E-state index contributed by atoms with van der Waals surface area (Å²) in [6.45, 7) is 2.18. The SMILES string of the molecule is O=C1NC(=O)C2(N3Cc4cc(O[C@@H]5CCC[C@@H]5N5CC(c6ncc(Cl)cn6)C5)ccc4C3=O)CC1C2. The summed E-state index contributed by atoms with van der Waals surface area (Å²) in [5.74, 6) is 1.02. The van der Waals surface area contributed by atoms with Crippen LogP contribution in [0.1, 0.15) is 59.8 Å². The molecule has 5 heterocycles. The van der Waals surface area contributed by atoms with E-state index in [2.05, 4.69) is 20.2 Å². The van der Waals surface area contributed by atoms with Gasteiger partial charge in [-0.2, -0.15) is 0 Å². The van der Waals surface area contributed by atoms with Crippen LogP contribution in [0.2, 0.25) is 5.02 Å². The van der Waals surface area contributed by atoms with Gasteiger partial charge in [0.25, 0.3) is 11.8 Å². The molecule has 3 amide bonds. The molecule has 3 saturated heterocycles. The van der Waals surface area contributed by atoms with Crippen LogP contribution >= 0.6 is 11.6 Å². The van der Waals surface area contributed by atoms with E-state index in [1.54, 1.807) is 17.3 Å². The van der Waals surface area contributed by atoms with E-state index >= 15 is 0 Å². The molecule has 2 atom stereocenters. The summed E-state index contributed by atoms with van der Waals surface area (Å²) in [6, 6.07) is 5.96. The van der Waals surface area contributed by atoms with Crippen molar-refractivity contribution in [3.05, 3.63) is 52.6 Å². The van der Waals surface area contributed by atoms with Crippen LogP contribution in [0.25, 0.3) is 0 Å². The Labute approximate surface area is 213 Å².